The van der Waals surface area contributed by atoms with Gasteiger partial charge in [0, 0.05) is 11.3 Å². The highest BCUT2D eigenvalue weighted by Gasteiger charge is 2.16. The van der Waals surface area contributed by atoms with Gasteiger partial charge in [-0.1, -0.05) is 41.6 Å². The van der Waals surface area contributed by atoms with Gasteiger partial charge in [-0.05, 0) is 48.9 Å². The van der Waals surface area contributed by atoms with Crippen molar-refractivity contribution >= 4 is 11.6 Å². The fourth-order valence-corrected chi connectivity index (χ4v) is 3.05. The van der Waals surface area contributed by atoms with Crippen LogP contribution in [0.1, 0.15) is 5.56 Å². The number of nitrogens with zero attached hydrogens (tertiary/aromatic N) is 2. The molecular formula is C24H21N3O4. The topological polar surface area (TPSA) is 86.5 Å². The van der Waals surface area contributed by atoms with E-state index in [9.17, 15) is 4.79 Å². The first-order valence-corrected chi connectivity index (χ1v) is 9.70. The molecule has 0 saturated carbocycles. The van der Waals surface area contributed by atoms with Crippen LogP contribution in [0, 0.1) is 6.92 Å². The van der Waals surface area contributed by atoms with Crippen LogP contribution in [0.3, 0.4) is 0 Å². The number of ether oxygens (including phenoxy) is 2. The summed E-state index contributed by atoms with van der Waals surface area (Å²) in [6.07, 6.45) is 0. The molecule has 156 valence electrons. The number of para-hydroxylation sites is 1. The second-order valence-corrected chi connectivity index (χ2v) is 6.80. The number of benzene rings is 3. The summed E-state index contributed by atoms with van der Waals surface area (Å²) in [5, 5.41) is 6.88. The summed E-state index contributed by atoms with van der Waals surface area (Å²) >= 11 is 0. The number of carbonyl (C=O) groups excluding carboxylic acids is 1. The van der Waals surface area contributed by atoms with Crippen LogP contribution in [0.25, 0.3) is 22.8 Å². The maximum Gasteiger partial charge on any atom is 0.262 e. The lowest BCUT2D eigenvalue weighted by Gasteiger charge is -2.10. The average Bonchev–Trinajstić information content (AvgIpc) is 3.28. The molecule has 0 unspecified atom stereocenters. The van der Waals surface area contributed by atoms with Crippen LogP contribution in [0.4, 0.5) is 5.69 Å². The lowest BCUT2D eigenvalue weighted by molar-refractivity contribution is -0.118. The van der Waals surface area contributed by atoms with Crippen LogP contribution in [-0.2, 0) is 4.79 Å². The first-order chi connectivity index (χ1) is 15.1. The molecule has 0 fully saturated rings. The number of carbonyl (C=O) groups is 1. The molecule has 0 aliphatic heterocycles. The van der Waals surface area contributed by atoms with E-state index in [0.717, 1.165) is 11.1 Å². The number of rotatable bonds is 7. The molecule has 1 heterocycles. The second kappa shape index (κ2) is 9.13. The number of aryl methyl sites for hydroxylation is 1. The molecule has 0 aliphatic carbocycles. The molecule has 1 amide bonds. The number of hydrogen-bond acceptors (Lipinski definition) is 6. The van der Waals surface area contributed by atoms with Gasteiger partial charge in [0.25, 0.3) is 11.8 Å². The van der Waals surface area contributed by atoms with Gasteiger partial charge in [0.05, 0.1) is 12.7 Å². The van der Waals surface area contributed by atoms with Crippen LogP contribution >= 0.6 is 0 Å². The third kappa shape index (κ3) is 4.72. The fourth-order valence-electron chi connectivity index (χ4n) is 3.05. The Morgan fingerprint density at radius 2 is 1.68 bits per heavy atom. The van der Waals surface area contributed by atoms with Crippen LogP contribution in [0.2, 0.25) is 0 Å². The van der Waals surface area contributed by atoms with Gasteiger partial charge in [0.1, 0.15) is 11.5 Å². The molecule has 31 heavy (non-hydrogen) atoms. The van der Waals surface area contributed by atoms with Crippen molar-refractivity contribution in [3.05, 3.63) is 78.4 Å². The van der Waals surface area contributed by atoms with Gasteiger partial charge in [-0.3, -0.25) is 4.79 Å². The van der Waals surface area contributed by atoms with E-state index in [0.29, 0.717) is 34.5 Å². The highest BCUT2D eigenvalue weighted by atomic mass is 16.5. The average molecular weight is 415 g/mol. The number of methoxy groups -OCH3 is 1. The predicted octanol–water partition coefficient (Wildman–Crippen LogP) is 4.74. The molecule has 1 N–H and O–H groups in total. The summed E-state index contributed by atoms with van der Waals surface area (Å²) in [4.78, 5) is 16.8. The molecule has 7 heteroatoms. The Kier molecular flexibility index (Phi) is 5.93. The van der Waals surface area contributed by atoms with E-state index in [1.165, 1.54) is 0 Å². The van der Waals surface area contributed by atoms with Crippen molar-refractivity contribution < 1.29 is 18.8 Å². The SMILES string of the molecule is COc1ccc(NC(=O)COc2ccccc2-c2nc(-c3ccccc3C)no2)cc1. The van der Waals surface area contributed by atoms with E-state index >= 15 is 0 Å². The largest absolute Gasteiger partial charge is 0.497 e. The second-order valence-electron chi connectivity index (χ2n) is 6.80. The molecular weight excluding hydrogens is 394 g/mol. The van der Waals surface area contributed by atoms with Crippen molar-refractivity contribution in [2.24, 2.45) is 0 Å². The minimum Gasteiger partial charge on any atom is -0.497 e. The van der Waals surface area contributed by atoms with Gasteiger partial charge in [0.15, 0.2) is 6.61 Å². The molecule has 0 saturated heterocycles. The first kappa shape index (κ1) is 20.2. The van der Waals surface area contributed by atoms with Crippen molar-refractivity contribution in [2.75, 3.05) is 19.0 Å². The summed E-state index contributed by atoms with van der Waals surface area (Å²) in [7, 11) is 1.59. The molecule has 7 nitrogen and oxygen atoms in total. The molecule has 3 aromatic carbocycles. The Morgan fingerprint density at radius 1 is 0.968 bits per heavy atom. The Hall–Kier alpha value is -4.13. The van der Waals surface area contributed by atoms with Gasteiger partial charge in [-0.25, -0.2) is 0 Å². The molecule has 0 bridgehead atoms. The molecule has 0 radical (unpaired) electrons. The van der Waals surface area contributed by atoms with Crippen LogP contribution in [-0.4, -0.2) is 29.8 Å². The van der Waals surface area contributed by atoms with Crippen LogP contribution in [0.5, 0.6) is 11.5 Å². The highest BCUT2D eigenvalue weighted by Crippen LogP contribution is 2.30. The molecule has 0 atom stereocenters. The van der Waals surface area contributed by atoms with Crippen molar-refractivity contribution in [3.8, 4) is 34.3 Å². The van der Waals surface area contributed by atoms with Crippen LogP contribution < -0.4 is 14.8 Å². The zero-order chi connectivity index (χ0) is 21.6. The fraction of sp³-hybridized carbons (Fsp3) is 0.125. The van der Waals surface area contributed by atoms with E-state index in [4.69, 9.17) is 14.0 Å². The van der Waals surface area contributed by atoms with E-state index in [-0.39, 0.29) is 12.5 Å². The van der Waals surface area contributed by atoms with E-state index in [1.807, 2.05) is 49.4 Å². The highest BCUT2D eigenvalue weighted by molar-refractivity contribution is 5.92. The first-order valence-electron chi connectivity index (χ1n) is 9.70. The normalized spacial score (nSPS) is 10.5. The minimum atomic E-state index is -0.286. The standard InChI is InChI=1S/C24H21N3O4/c1-16-7-3-4-8-19(16)23-26-24(31-27-23)20-9-5-6-10-21(20)30-15-22(28)25-17-11-13-18(29-2)14-12-17/h3-14H,15H2,1-2H3,(H,25,28). The summed E-state index contributed by atoms with van der Waals surface area (Å²) < 4.78 is 16.3. The van der Waals surface area contributed by atoms with Crippen molar-refractivity contribution in [1.82, 2.24) is 10.1 Å². The molecule has 0 spiro atoms. The minimum absolute atomic E-state index is 0.165. The third-order valence-corrected chi connectivity index (χ3v) is 4.66. The number of nitrogens with one attached hydrogen (secondary N) is 1. The Morgan fingerprint density at radius 3 is 2.42 bits per heavy atom. The zero-order valence-corrected chi connectivity index (χ0v) is 17.2. The van der Waals surface area contributed by atoms with Gasteiger partial charge < -0.3 is 19.3 Å². The summed E-state index contributed by atoms with van der Waals surface area (Å²) in [6, 6.07) is 22.1. The number of aromatic nitrogens is 2. The van der Waals surface area contributed by atoms with Gasteiger partial charge >= 0.3 is 0 Å². The third-order valence-electron chi connectivity index (χ3n) is 4.66. The lowest BCUT2D eigenvalue weighted by Crippen LogP contribution is -2.20. The maximum absolute atomic E-state index is 12.3. The van der Waals surface area contributed by atoms with Crippen molar-refractivity contribution in [3.63, 3.8) is 0 Å². The molecule has 0 aliphatic rings. The number of amides is 1. The van der Waals surface area contributed by atoms with E-state index in [2.05, 4.69) is 15.5 Å². The molecule has 4 rings (SSSR count). The Bertz CT molecular complexity index is 1190. The lowest BCUT2D eigenvalue weighted by atomic mass is 10.1. The molecule has 1 aromatic heterocycles. The Labute approximate surface area is 179 Å². The van der Waals surface area contributed by atoms with E-state index in [1.54, 1.807) is 37.4 Å². The monoisotopic (exact) mass is 415 g/mol. The zero-order valence-electron chi connectivity index (χ0n) is 17.2. The summed E-state index contributed by atoms with van der Waals surface area (Å²) in [6.45, 7) is 1.83. The maximum atomic E-state index is 12.3. The van der Waals surface area contributed by atoms with Gasteiger partial charge in [-0.2, -0.15) is 4.98 Å². The Balaban J connectivity index is 1.46. The predicted molar refractivity (Wildman–Crippen MR) is 117 cm³/mol. The van der Waals surface area contributed by atoms with Gasteiger partial charge in [-0.15, -0.1) is 0 Å². The van der Waals surface area contributed by atoms with Gasteiger partial charge in [0.2, 0.25) is 5.82 Å². The summed E-state index contributed by atoms with van der Waals surface area (Å²) in [5.41, 5.74) is 3.22. The number of hydrogen-bond donors (Lipinski definition) is 1. The van der Waals surface area contributed by atoms with Crippen LogP contribution in [0.15, 0.2) is 77.3 Å². The molecule has 4 aromatic rings. The van der Waals surface area contributed by atoms with E-state index < -0.39 is 0 Å². The van der Waals surface area contributed by atoms with Crippen molar-refractivity contribution in [2.45, 2.75) is 6.92 Å². The smallest absolute Gasteiger partial charge is 0.262 e. The summed E-state index contributed by atoms with van der Waals surface area (Å²) in [5.74, 6) is 1.73. The quantitative estimate of drug-likeness (QED) is 0.469. The van der Waals surface area contributed by atoms with Crippen molar-refractivity contribution in [1.29, 1.82) is 0 Å². The number of anilines is 1.